The lowest BCUT2D eigenvalue weighted by Gasteiger charge is -2.46. The molecule has 1 heterocycles. The number of halogens is 3. The molecule has 0 radical (unpaired) electrons. The Labute approximate surface area is 113 Å². The maximum atomic E-state index is 12.8. The first-order valence-electron chi connectivity index (χ1n) is 7.18. The fourth-order valence-corrected chi connectivity index (χ4v) is 3.48. The maximum Gasteiger partial charge on any atom is 0.393 e. The highest BCUT2D eigenvalue weighted by Crippen LogP contribution is 2.40. The van der Waals surface area contributed by atoms with Crippen LogP contribution in [-0.4, -0.2) is 41.4 Å². The van der Waals surface area contributed by atoms with Gasteiger partial charge in [-0.1, -0.05) is 13.8 Å². The number of hydrogen-bond donors (Lipinski definition) is 1. The van der Waals surface area contributed by atoms with Crippen molar-refractivity contribution in [2.45, 2.75) is 64.3 Å². The maximum absolute atomic E-state index is 12.8. The summed E-state index contributed by atoms with van der Waals surface area (Å²) in [6.45, 7) is 5.01. The van der Waals surface area contributed by atoms with Crippen molar-refractivity contribution >= 4 is 0 Å². The van der Waals surface area contributed by atoms with Gasteiger partial charge in [-0.25, -0.2) is 0 Å². The molecule has 0 bridgehead atoms. The molecule has 0 aromatic heterocycles. The Hall–Kier alpha value is -0.290. The standard InChI is InChI=1S/C14H24F3NO/c1-13(2)6-5-12(19)11(8-13)18-7-3-4-10(9-18)14(15,16)17/h10-12,19H,3-9H2,1-2H3. The summed E-state index contributed by atoms with van der Waals surface area (Å²) in [5.74, 6) is -1.22. The van der Waals surface area contributed by atoms with Gasteiger partial charge in [0.25, 0.3) is 0 Å². The Morgan fingerprint density at radius 1 is 1.21 bits per heavy atom. The number of hydrogen-bond acceptors (Lipinski definition) is 2. The van der Waals surface area contributed by atoms with Crippen LogP contribution in [0.3, 0.4) is 0 Å². The highest BCUT2D eigenvalue weighted by atomic mass is 19.4. The smallest absolute Gasteiger partial charge is 0.391 e. The van der Waals surface area contributed by atoms with E-state index in [1.807, 2.05) is 4.90 Å². The molecule has 3 unspecified atom stereocenters. The molecule has 1 saturated heterocycles. The first-order chi connectivity index (χ1) is 8.69. The van der Waals surface area contributed by atoms with Crippen LogP contribution in [0.1, 0.15) is 46.0 Å². The van der Waals surface area contributed by atoms with Crippen LogP contribution in [0.15, 0.2) is 0 Å². The quantitative estimate of drug-likeness (QED) is 0.797. The predicted molar refractivity (Wildman–Crippen MR) is 67.8 cm³/mol. The Morgan fingerprint density at radius 3 is 2.53 bits per heavy atom. The average Bonchev–Trinajstić information content (AvgIpc) is 2.31. The molecule has 2 aliphatic rings. The molecule has 1 N–H and O–H groups in total. The third kappa shape index (κ3) is 3.63. The molecule has 1 aliphatic heterocycles. The SMILES string of the molecule is CC1(C)CCC(O)C(N2CCCC(C(F)(F)F)C2)C1. The van der Waals surface area contributed by atoms with E-state index < -0.39 is 18.2 Å². The van der Waals surface area contributed by atoms with Crippen molar-refractivity contribution in [1.29, 1.82) is 0 Å². The molecule has 5 heteroatoms. The number of aliphatic hydroxyl groups is 1. The third-order valence-electron chi connectivity index (χ3n) is 4.71. The summed E-state index contributed by atoms with van der Waals surface area (Å²) in [7, 11) is 0. The van der Waals surface area contributed by atoms with Gasteiger partial charge in [-0.2, -0.15) is 13.2 Å². The second kappa shape index (κ2) is 5.24. The molecule has 0 amide bonds. The number of likely N-dealkylation sites (tertiary alicyclic amines) is 1. The van der Waals surface area contributed by atoms with E-state index in [4.69, 9.17) is 0 Å². The first kappa shape index (κ1) is 15.1. The van der Waals surface area contributed by atoms with Crippen molar-refractivity contribution in [3.63, 3.8) is 0 Å². The average molecular weight is 279 g/mol. The van der Waals surface area contributed by atoms with Crippen LogP contribution in [0.2, 0.25) is 0 Å². The number of alkyl halides is 3. The third-order valence-corrected chi connectivity index (χ3v) is 4.71. The van der Waals surface area contributed by atoms with Crippen LogP contribution in [0.4, 0.5) is 13.2 Å². The molecule has 0 spiro atoms. The summed E-state index contributed by atoms with van der Waals surface area (Å²) in [5, 5.41) is 10.1. The molecular weight excluding hydrogens is 255 g/mol. The van der Waals surface area contributed by atoms with Gasteiger partial charge in [0.05, 0.1) is 12.0 Å². The second-order valence-electron chi connectivity index (χ2n) is 6.92. The largest absolute Gasteiger partial charge is 0.393 e. The van der Waals surface area contributed by atoms with E-state index in [-0.39, 0.29) is 24.4 Å². The number of nitrogens with zero attached hydrogens (tertiary/aromatic N) is 1. The zero-order chi connectivity index (χ0) is 14.3. The highest BCUT2D eigenvalue weighted by molar-refractivity contribution is 4.93. The van der Waals surface area contributed by atoms with Crippen molar-refractivity contribution < 1.29 is 18.3 Å². The minimum absolute atomic E-state index is 0.0569. The Morgan fingerprint density at radius 2 is 1.89 bits per heavy atom. The van der Waals surface area contributed by atoms with Crippen molar-refractivity contribution in [2.75, 3.05) is 13.1 Å². The Kier molecular flexibility index (Phi) is 4.17. The van der Waals surface area contributed by atoms with Crippen molar-refractivity contribution in [2.24, 2.45) is 11.3 Å². The lowest BCUT2D eigenvalue weighted by Crippen LogP contribution is -2.54. The van der Waals surface area contributed by atoms with Gasteiger partial charge in [-0.15, -0.1) is 0 Å². The van der Waals surface area contributed by atoms with Crippen molar-refractivity contribution in [3.8, 4) is 0 Å². The van der Waals surface area contributed by atoms with Gasteiger partial charge in [-0.05, 0) is 44.1 Å². The zero-order valence-electron chi connectivity index (χ0n) is 11.7. The topological polar surface area (TPSA) is 23.5 Å². The number of aliphatic hydroxyl groups excluding tert-OH is 1. The van der Waals surface area contributed by atoms with E-state index in [0.717, 1.165) is 12.8 Å². The second-order valence-corrected chi connectivity index (χ2v) is 6.92. The van der Waals surface area contributed by atoms with Gasteiger partial charge in [-0.3, -0.25) is 4.90 Å². The summed E-state index contributed by atoms with van der Waals surface area (Å²) in [5.41, 5.74) is 0.120. The fraction of sp³-hybridized carbons (Fsp3) is 1.00. The monoisotopic (exact) mass is 279 g/mol. The first-order valence-corrected chi connectivity index (χ1v) is 7.18. The summed E-state index contributed by atoms with van der Waals surface area (Å²) in [4.78, 5) is 1.88. The van der Waals surface area contributed by atoms with Crippen LogP contribution in [0.5, 0.6) is 0 Å². The molecule has 2 nitrogen and oxygen atoms in total. The van der Waals surface area contributed by atoms with E-state index in [0.29, 0.717) is 19.4 Å². The predicted octanol–water partition coefficient (Wildman–Crippen LogP) is 3.20. The van der Waals surface area contributed by atoms with E-state index in [9.17, 15) is 18.3 Å². The molecule has 0 aromatic rings. The molecule has 1 aliphatic carbocycles. The Balaban J connectivity index is 2.04. The molecule has 3 atom stereocenters. The minimum Gasteiger partial charge on any atom is -0.391 e. The van der Waals surface area contributed by atoms with Gasteiger partial charge in [0.15, 0.2) is 0 Å². The summed E-state index contributed by atoms with van der Waals surface area (Å²) < 4.78 is 38.5. The zero-order valence-corrected chi connectivity index (χ0v) is 11.7. The van der Waals surface area contributed by atoms with Gasteiger partial charge in [0.1, 0.15) is 0 Å². The highest BCUT2D eigenvalue weighted by Gasteiger charge is 2.45. The van der Waals surface area contributed by atoms with Crippen LogP contribution in [0.25, 0.3) is 0 Å². The molecule has 112 valence electrons. The number of piperidine rings is 1. The lowest BCUT2D eigenvalue weighted by molar-refractivity contribution is -0.192. The van der Waals surface area contributed by atoms with Gasteiger partial charge >= 0.3 is 6.18 Å². The molecule has 0 aromatic carbocycles. The normalized spacial score (nSPS) is 37.3. The molecule has 19 heavy (non-hydrogen) atoms. The van der Waals surface area contributed by atoms with Crippen molar-refractivity contribution in [1.82, 2.24) is 4.90 Å². The van der Waals surface area contributed by atoms with Gasteiger partial charge < -0.3 is 5.11 Å². The fourth-order valence-electron chi connectivity index (χ4n) is 3.48. The number of rotatable bonds is 1. The molecular formula is C14H24F3NO. The summed E-state index contributed by atoms with van der Waals surface area (Å²) in [6, 6.07) is -0.103. The van der Waals surface area contributed by atoms with Crippen LogP contribution in [-0.2, 0) is 0 Å². The van der Waals surface area contributed by atoms with E-state index in [1.54, 1.807) is 0 Å². The van der Waals surface area contributed by atoms with Crippen LogP contribution in [0, 0.1) is 11.3 Å². The molecule has 1 saturated carbocycles. The van der Waals surface area contributed by atoms with E-state index in [1.165, 1.54) is 0 Å². The molecule has 2 rings (SSSR count). The van der Waals surface area contributed by atoms with E-state index >= 15 is 0 Å². The Bertz CT molecular complexity index is 316. The van der Waals surface area contributed by atoms with Gasteiger partial charge in [0, 0.05) is 12.6 Å². The van der Waals surface area contributed by atoms with Crippen LogP contribution >= 0.6 is 0 Å². The van der Waals surface area contributed by atoms with Gasteiger partial charge in [0.2, 0.25) is 0 Å². The van der Waals surface area contributed by atoms with E-state index in [2.05, 4.69) is 13.8 Å². The van der Waals surface area contributed by atoms with Crippen molar-refractivity contribution in [3.05, 3.63) is 0 Å². The summed E-state index contributed by atoms with van der Waals surface area (Å²) in [6.07, 6.45) is -1.33. The van der Waals surface area contributed by atoms with Crippen LogP contribution < -0.4 is 0 Å². The summed E-state index contributed by atoms with van der Waals surface area (Å²) >= 11 is 0. The minimum atomic E-state index is -4.10. The lowest BCUT2D eigenvalue weighted by atomic mass is 9.73. The molecule has 2 fully saturated rings.